The van der Waals surface area contributed by atoms with Crippen LogP contribution >= 0.6 is 0 Å². The van der Waals surface area contributed by atoms with Crippen LogP contribution in [0.15, 0.2) is 90.3 Å². The molecule has 0 aliphatic heterocycles. The molecule has 4 aromatic rings. The first-order valence-corrected chi connectivity index (χ1v) is 11.5. The van der Waals surface area contributed by atoms with Crippen molar-refractivity contribution in [2.24, 2.45) is 4.99 Å². The van der Waals surface area contributed by atoms with Crippen molar-refractivity contribution in [1.29, 1.82) is 0 Å². The van der Waals surface area contributed by atoms with Gasteiger partial charge in [-0.1, -0.05) is 61.5 Å². The number of benzene rings is 2. The number of fused-ring (bicyclic) bond motifs is 1. The Labute approximate surface area is 201 Å². The first-order valence-electron chi connectivity index (χ1n) is 11.5. The molecule has 0 radical (unpaired) electrons. The maximum absolute atomic E-state index is 4.55. The van der Waals surface area contributed by atoms with Crippen LogP contribution < -0.4 is 5.32 Å². The highest BCUT2D eigenvalue weighted by molar-refractivity contribution is 6.10. The highest BCUT2D eigenvalue weighted by Gasteiger charge is 2.10. The lowest BCUT2D eigenvalue weighted by molar-refractivity contribution is 1.06. The second-order valence-electron chi connectivity index (χ2n) is 8.00. The third-order valence-corrected chi connectivity index (χ3v) is 5.62. The lowest BCUT2D eigenvalue weighted by atomic mass is 10.0. The Hall–Kier alpha value is -4.12. The maximum atomic E-state index is 4.55. The second kappa shape index (κ2) is 11.1. The molecule has 0 saturated heterocycles. The van der Waals surface area contributed by atoms with Crippen molar-refractivity contribution < 1.29 is 0 Å². The standard InChI is InChI=1S/C29H29N5/c1-4-5-6-8-26(19-30-3)23-12-10-22(11-13-23)18-32-29-21(2)28(33-20-34-29)25-14-15-27-24(17-25)9-7-16-31-27/h5-17,19-20H,4,18H2,1-3H3,(H,32,33,34)/b6-5+,26-8+,30-19-. The van der Waals surface area contributed by atoms with E-state index in [9.17, 15) is 0 Å². The second-order valence-corrected chi connectivity index (χ2v) is 8.00. The molecule has 0 amide bonds. The van der Waals surface area contributed by atoms with Gasteiger partial charge in [-0.15, -0.1) is 0 Å². The van der Waals surface area contributed by atoms with Crippen molar-refractivity contribution in [3.8, 4) is 11.3 Å². The number of anilines is 1. The van der Waals surface area contributed by atoms with E-state index in [1.54, 1.807) is 13.4 Å². The molecule has 0 atom stereocenters. The first kappa shape index (κ1) is 23.1. The van der Waals surface area contributed by atoms with Gasteiger partial charge in [0.1, 0.15) is 12.1 Å². The van der Waals surface area contributed by atoms with Gasteiger partial charge in [-0.25, -0.2) is 9.97 Å². The highest BCUT2D eigenvalue weighted by Crippen LogP contribution is 2.27. The van der Waals surface area contributed by atoms with Crippen LogP contribution in [0.4, 0.5) is 5.82 Å². The molecule has 0 unspecified atom stereocenters. The Morgan fingerprint density at radius 3 is 2.68 bits per heavy atom. The van der Waals surface area contributed by atoms with Crippen LogP contribution in [0.25, 0.3) is 27.7 Å². The molecule has 0 spiro atoms. The van der Waals surface area contributed by atoms with E-state index >= 15 is 0 Å². The van der Waals surface area contributed by atoms with E-state index in [2.05, 4.69) is 99.8 Å². The number of aliphatic imine (C=N–C) groups is 1. The minimum atomic E-state index is 0.676. The molecule has 2 heterocycles. The van der Waals surface area contributed by atoms with Crippen LogP contribution in [0.1, 0.15) is 30.0 Å². The minimum Gasteiger partial charge on any atom is -0.366 e. The van der Waals surface area contributed by atoms with Gasteiger partial charge in [-0.05, 0) is 48.2 Å². The fourth-order valence-electron chi connectivity index (χ4n) is 3.80. The summed E-state index contributed by atoms with van der Waals surface area (Å²) >= 11 is 0. The highest BCUT2D eigenvalue weighted by atomic mass is 15.0. The Bertz CT molecular complexity index is 1350. The van der Waals surface area contributed by atoms with Crippen molar-refractivity contribution in [2.45, 2.75) is 26.8 Å². The van der Waals surface area contributed by atoms with Gasteiger partial charge in [0.25, 0.3) is 0 Å². The molecule has 0 aliphatic carbocycles. The summed E-state index contributed by atoms with van der Waals surface area (Å²) < 4.78 is 0. The number of nitrogens with one attached hydrogen (secondary N) is 1. The monoisotopic (exact) mass is 447 g/mol. The largest absolute Gasteiger partial charge is 0.366 e. The van der Waals surface area contributed by atoms with Gasteiger partial charge in [0.05, 0.1) is 11.2 Å². The summed E-state index contributed by atoms with van der Waals surface area (Å²) in [6.07, 6.45) is 12.6. The predicted molar refractivity (Wildman–Crippen MR) is 143 cm³/mol. The van der Waals surface area contributed by atoms with Gasteiger partial charge in [0.2, 0.25) is 0 Å². The number of aromatic nitrogens is 3. The number of pyridine rings is 1. The number of allylic oxidation sites excluding steroid dienone is 4. The van der Waals surface area contributed by atoms with E-state index in [0.29, 0.717) is 6.54 Å². The van der Waals surface area contributed by atoms with Gasteiger partial charge in [-0.3, -0.25) is 9.98 Å². The Balaban J connectivity index is 1.50. The zero-order chi connectivity index (χ0) is 23.8. The third-order valence-electron chi connectivity index (χ3n) is 5.62. The van der Waals surface area contributed by atoms with E-state index in [4.69, 9.17) is 0 Å². The number of rotatable bonds is 8. The molecule has 0 aliphatic rings. The average Bonchev–Trinajstić information content (AvgIpc) is 2.88. The van der Waals surface area contributed by atoms with Crippen molar-refractivity contribution in [3.63, 3.8) is 0 Å². The van der Waals surface area contributed by atoms with E-state index in [0.717, 1.165) is 51.1 Å². The van der Waals surface area contributed by atoms with Crippen LogP contribution in [0.3, 0.4) is 0 Å². The lowest BCUT2D eigenvalue weighted by Gasteiger charge is -2.12. The molecule has 5 heteroatoms. The van der Waals surface area contributed by atoms with Crippen LogP contribution in [0.5, 0.6) is 0 Å². The van der Waals surface area contributed by atoms with Crippen LogP contribution in [0.2, 0.25) is 0 Å². The summed E-state index contributed by atoms with van der Waals surface area (Å²) in [6.45, 7) is 4.86. The quantitative estimate of drug-likeness (QED) is 0.242. The van der Waals surface area contributed by atoms with E-state index in [-0.39, 0.29) is 0 Å². The molecule has 170 valence electrons. The Morgan fingerprint density at radius 1 is 1.03 bits per heavy atom. The molecule has 0 saturated carbocycles. The maximum Gasteiger partial charge on any atom is 0.133 e. The Morgan fingerprint density at radius 2 is 1.88 bits per heavy atom. The molecule has 5 nitrogen and oxygen atoms in total. The van der Waals surface area contributed by atoms with Crippen LogP contribution in [-0.2, 0) is 6.54 Å². The van der Waals surface area contributed by atoms with Crippen molar-refractivity contribution in [2.75, 3.05) is 12.4 Å². The summed E-state index contributed by atoms with van der Waals surface area (Å²) in [6, 6.07) is 18.8. The fraction of sp³-hybridized carbons (Fsp3) is 0.172. The molecule has 2 aromatic heterocycles. The van der Waals surface area contributed by atoms with Crippen molar-refractivity contribution in [3.05, 3.63) is 102 Å². The number of hydrogen-bond acceptors (Lipinski definition) is 5. The smallest absolute Gasteiger partial charge is 0.133 e. The van der Waals surface area contributed by atoms with E-state index < -0.39 is 0 Å². The van der Waals surface area contributed by atoms with E-state index in [1.165, 1.54) is 5.56 Å². The van der Waals surface area contributed by atoms with Gasteiger partial charge in [0.15, 0.2) is 0 Å². The summed E-state index contributed by atoms with van der Waals surface area (Å²) in [4.78, 5) is 17.6. The van der Waals surface area contributed by atoms with Crippen molar-refractivity contribution in [1.82, 2.24) is 15.0 Å². The average molecular weight is 448 g/mol. The normalized spacial score (nSPS) is 12.1. The lowest BCUT2D eigenvalue weighted by Crippen LogP contribution is -2.05. The first-order chi connectivity index (χ1) is 16.7. The molecule has 0 fully saturated rings. The van der Waals surface area contributed by atoms with Gasteiger partial charge in [0, 0.05) is 42.5 Å². The molecule has 0 bridgehead atoms. The van der Waals surface area contributed by atoms with E-state index in [1.807, 2.05) is 24.5 Å². The van der Waals surface area contributed by atoms with Gasteiger partial charge >= 0.3 is 0 Å². The van der Waals surface area contributed by atoms with Gasteiger partial charge < -0.3 is 5.32 Å². The minimum absolute atomic E-state index is 0.676. The summed E-state index contributed by atoms with van der Waals surface area (Å²) in [5, 5.41) is 4.57. The zero-order valence-electron chi connectivity index (χ0n) is 19.9. The Kier molecular flexibility index (Phi) is 7.56. The fourth-order valence-corrected chi connectivity index (χ4v) is 3.80. The summed E-state index contributed by atoms with van der Waals surface area (Å²) in [7, 11) is 1.79. The van der Waals surface area contributed by atoms with Gasteiger partial charge in [-0.2, -0.15) is 0 Å². The topological polar surface area (TPSA) is 63.1 Å². The van der Waals surface area contributed by atoms with Crippen molar-refractivity contribution >= 4 is 28.5 Å². The molecule has 1 N–H and O–H groups in total. The molecular formula is C29H29N5. The summed E-state index contributed by atoms with van der Waals surface area (Å²) in [5.74, 6) is 0.837. The molecule has 4 rings (SSSR count). The van der Waals surface area contributed by atoms with Crippen LogP contribution in [-0.4, -0.2) is 28.2 Å². The molecule has 2 aromatic carbocycles. The molecule has 34 heavy (non-hydrogen) atoms. The zero-order valence-corrected chi connectivity index (χ0v) is 19.9. The third kappa shape index (κ3) is 5.44. The predicted octanol–water partition coefficient (Wildman–Crippen LogP) is 6.66. The SMILES string of the molecule is CC/C=C/C=C(\C=N/C)c1ccc(CNc2ncnc(-c3ccc4ncccc4c3)c2C)cc1. The number of nitrogens with zero attached hydrogens (tertiary/aromatic N) is 4. The summed E-state index contributed by atoms with van der Waals surface area (Å²) in [5.41, 5.74) is 7.39. The number of hydrogen-bond donors (Lipinski definition) is 1. The van der Waals surface area contributed by atoms with Crippen LogP contribution in [0, 0.1) is 6.92 Å². The molecular weight excluding hydrogens is 418 g/mol.